The van der Waals surface area contributed by atoms with Gasteiger partial charge in [-0.25, -0.2) is 0 Å². The Balaban J connectivity index is 1.99. The van der Waals surface area contributed by atoms with Crippen molar-refractivity contribution in [2.45, 2.75) is 50.7 Å². The first-order chi connectivity index (χ1) is 8.61. The molecule has 2 heterocycles. The largest absolute Gasteiger partial charge is 0.389 e. The molecule has 1 aromatic heterocycles. The number of ether oxygens (including phenoxy) is 1. The van der Waals surface area contributed by atoms with Crippen LogP contribution >= 0.6 is 15.9 Å². The Morgan fingerprint density at radius 3 is 3.06 bits per heavy atom. The molecule has 1 aliphatic heterocycles. The third kappa shape index (κ3) is 3.77. The lowest BCUT2D eigenvalue weighted by Gasteiger charge is -2.36. The van der Waals surface area contributed by atoms with E-state index >= 15 is 0 Å². The van der Waals surface area contributed by atoms with Gasteiger partial charge in [-0.3, -0.25) is 4.98 Å². The van der Waals surface area contributed by atoms with Crippen LogP contribution in [0.4, 0.5) is 0 Å². The van der Waals surface area contributed by atoms with Crippen LogP contribution in [0, 0.1) is 0 Å². The number of halogens is 1. The fourth-order valence-corrected chi connectivity index (χ4v) is 2.75. The van der Waals surface area contributed by atoms with Crippen molar-refractivity contribution < 1.29 is 9.84 Å². The second kappa shape index (κ2) is 6.13. The van der Waals surface area contributed by atoms with Gasteiger partial charge in [0.1, 0.15) is 0 Å². The van der Waals surface area contributed by atoms with Crippen molar-refractivity contribution in [2.75, 3.05) is 6.61 Å². The van der Waals surface area contributed by atoms with Crippen LogP contribution in [0.25, 0.3) is 0 Å². The summed E-state index contributed by atoms with van der Waals surface area (Å²) in [4.78, 5) is 4.34. The Hall–Kier alpha value is -0.450. The molecule has 0 radical (unpaired) electrons. The molecule has 0 saturated carbocycles. The fraction of sp³-hybridized carbons (Fsp3) is 0.643. The smallest absolute Gasteiger partial charge is 0.0749 e. The van der Waals surface area contributed by atoms with Crippen LogP contribution in [0.2, 0.25) is 0 Å². The first-order valence-electron chi connectivity index (χ1n) is 6.56. The van der Waals surface area contributed by atoms with Gasteiger partial charge in [0, 0.05) is 35.8 Å². The molecule has 2 atom stereocenters. The van der Waals surface area contributed by atoms with Crippen molar-refractivity contribution in [3.63, 3.8) is 0 Å². The molecule has 0 aliphatic carbocycles. The molecule has 100 valence electrons. The molecule has 18 heavy (non-hydrogen) atoms. The zero-order valence-corrected chi connectivity index (χ0v) is 12.3. The highest BCUT2D eigenvalue weighted by Gasteiger charge is 2.35. The van der Waals surface area contributed by atoms with Gasteiger partial charge < -0.3 is 9.84 Å². The van der Waals surface area contributed by atoms with Gasteiger partial charge >= 0.3 is 0 Å². The standard InChI is InChI=1S/C14H20BrNO2/c1-2-3-13-9-14(17,6-7-18-13)8-12-5-4-11(15)10-16-12/h4-5,10,13,17H,2-3,6-9H2,1H3. The van der Waals surface area contributed by atoms with Crippen LogP contribution in [0.3, 0.4) is 0 Å². The Bertz CT molecular complexity index is 380. The number of pyridine rings is 1. The number of nitrogens with zero attached hydrogens (tertiary/aromatic N) is 1. The zero-order valence-electron chi connectivity index (χ0n) is 10.7. The fourth-order valence-electron chi connectivity index (χ4n) is 2.52. The van der Waals surface area contributed by atoms with E-state index in [1.165, 1.54) is 0 Å². The summed E-state index contributed by atoms with van der Waals surface area (Å²) in [6.07, 6.45) is 6.13. The summed E-state index contributed by atoms with van der Waals surface area (Å²) in [7, 11) is 0. The molecular weight excluding hydrogens is 294 g/mol. The minimum atomic E-state index is -0.654. The van der Waals surface area contributed by atoms with E-state index in [0.717, 1.165) is 29.4 Å². The van der Waals surface area contributed by atoms with Gasteiger partial charge in [-0.1, -0.05) is 13.3 Å². The lowest BCUT2D eigenvalue weighted by Crippen LogP contribution is -2.42. The van der Waals surface area contributed by atoms with Gasteiger partial charge in [-0.05, 0) is 40.9 Å². The lowest BCUT2D eigenvalue weighted by atomic mass is 9.85. The van der Waals surface area contributed by atoms with Crippen molar-refractivity contribution >= 4 is 15.9 Å². The van der Waals surface area contributed by atoms with E-state index in [-0.39, 0.29) is 6.10 Å². The monoisotopic (exact) mass is 313 g/mol. The SMILES string of the molecule is CCCC1CC(O)(Cc2ccc(Br)cn2)CCO1. The number of hydrogen-bond donors (Lipinski definition) is 1. The molecule has 1 aliphatic rings. The topological polar surface area (TPSA) is 42.4 Å². The number of aromatic nitrogens is 1. The molecule has 0 spiro atoms. The Morgan fingerprint density at radius 2 is 2.39 bits per heavy atom. The molecule has 4 heteroatoms. The summed E-state index contributed by atoms with van der Waals surface area (Å²) in [5.74, 6) is 0. The van der Waals surface area contributed by atoms with Gasteiger partial charge in [0.2, 0.25) is 0 Å². The van der Waals surface area contributed by atoms with Gasteiger partial charge in [0.25, 0.3) is 0 Å². The molecule has 0 aromatic carbocycles. The van der Waals surface area contributed by atoms with E-state index in [2.05, 4.69) is 27.8 Å². The van der Waals surface area contributed by atoms with E-state index in [0.29, 0.717) is 19.4 Å². The van der Waals surface area contributed by atoms with Crippen molar-refractivity contribution in [2.24, 2.45) is 0 Å². The molecule has 0 bridgehead atoms. The summed E-state index contributed by atoms with van der Waals surface area (Å²) in [5, 5.41) is 10.7. The van der Waals surface area contributed by atoms with E-state index in [1.807, 2.05) is 12.1 Å². The molecule has 1 fully saturated rings. The van der Waals surface area contributed by atoms with Crippen LogP contribution in [0.5, 0.6) is 0 Å². The van der Waals surface area contributed by atoms with Crippen molar-refractivity contribution in [3.05, 3.63) is 28.5 Å². The number of hydrogen-bond acceptors (Lipinski definition) is 3. The van der Waals surface area contributed by atoms with E-state index in [9.17, 15) is 5.11 Å². The molecule has 2 unspecified atom stereocenters. The van der Waals surface area contributed by atoms with E-state index < -0.39 is 5.60 Å². The summed E-state index contributed by atoms with van der Waals surface area (Å²) in [5.41, 5.74) is 0.289. The van der Waals surface area contributed by atoms with Crippen LogP contribution in [0.1, 0.15) is 38.3 Å². The van der Waals surface area contributed by atoms with Crippen LogP contribution in [-0.2, 0) is 11.2 Å². The molecule has 2 rings (SSSR count). The van der Waals surface area contributed by atoms with Crippen LogP contribution in [0.15, 0.2) is 22.8 Å². The molecule has 1 aromatic rings. The summed E-state index contributed by atoms with van der Waals surface area (Å²) < 4.78 is 6.65. The average Bonchev–Trinajstić information content (AvgIpc) is 2.32. The van der Waals surface area contributed by atoms with E-state index in [4.69, 9.17) is 4.74 Å². The van der Waals surface area contributed by atoms with Gasteiger partial charge in [-0.15, -0.1) is 0 Å². The molecule has 0 amide bonds. The minimum Gasteiger partial charge on any atom is -0.389 e. The third-order valence-electron chi connectivity index (χ3n) is 3.44. The highest BCUT2D eigenvalue weighted by molar-refractivity contribution is 9.10. The molecule has 1 N–H and O–H groups in total. The lowest BCUT2D eigenvalue weighted by molar-refractivity contribution is -0.105. The van der Waals surface area contributed by atoms with Gasteiger partial charge in [-0.2, -0.15) is 0 Å². The maximum Gasteiger partial charge on any atom is 0.0749 e. The number of rotatable bonds is 4. The second-order valence-electron chi connectivity index (χ2n) is 5.10. The highest BCUT2D eigenvalue weighted by atomic mass is 79.9. The molecule has 1 saturated heterocycles. The quantitative estimate of drug-likeness (QED) is 0.928. The van der Waals surface area contributed by atoms with E-state index in [1.54, 1.807) is 6.20 Å². The van der Waals surface area contributed by atoms with Gasteiger partial charge in [0.05, 0.1) is 11.7 Å². The Kier molecular flexibility index (Phi) is 4.76. The van der Waals surface area contributed by atoms with Gasteiger partial charge in [0.15, 0.2) is 0 Å². The predicted molar refractivity (Wildman–Crippen MR) is 74.5 cm³/mol. The Morgan fingerprint density at radius 1 is 1.56 bits per heavy atom. The third-order valence-corrected chi connectivity index (χ3v) is 3.91. The normalized spacial score (nSPS) is 28.3. The minimum absolute atomic E-state index is 0.198. The molecule has 3 nitrogen and oxygen atoms in total. The summed E-state index contributed by atoms with van der Waals surface area (Å²) in [6.45, 7) is 2.80. The first-order valence-corrected chi connectivity index (χ1v) is 7.35. The zero-order chi connectivity index (χ0) is 13.0. The number of aliphatic hydroxyl groups is 1. The summed E-state index contributed by atoms with van der Waals surface area (Å²) in [6, 6.07) is 3.93. The highest BCUT2D eigenvalue weighted by Crippen LogP contribution is 2.30. The van der Waals surface area contributed by atoms with Crippen LogP contribution < -0.4 is 0 Å². The van der Waals surface area contributed by atoms with Crippen LogP contribution in [-0.4, -0.2) is 28.4 Å². The maximum absolute atomic E-state index is 10.7. The summed E-state index contributed by atoms with van der Waals surface area (Å²) >= 11 is 3.37. The Labute approximate surface area is 117 Å². The second-order valence-corrected chi connectivity index (χ2v) is 6.02. The maximum atomic E-state index is 10.7. The predicted octanol–water partition coefficient (Wildman–Crippen LogP) is 3.10. The molecular formula is C14H20BrNO2. The van der Waals surface area contributed by atoms with Crippen molar-refractivity contribution in [1.29, 1.82) is 0 Å². The average molecular weight is 314 g/mol. The van der Waals surface area contributed by atoms with Crippen molar-refractivity contribution in [1.82, 2.24) is 4.98 Å². The first kappa shape index (κ1) is 14.0. The van der Waals surface area contributed by atoms with Crippen molar-refractivity contribution in [3.8, 4) is 0 Å².